The topological polar surface area (TPSA) is 38.7 Å². The van der Waals surface area contributed by atoms with Crippen LogP contribution in [0.5, 0.6) is 0 Å². The summed E-state index contributed by atoms with van der Waals surface area (Å²) in [6.07, 6.45) is 1.99. The molecule has 1 aliphatic rings. The van der Waals surface area contributed by atoms with E-state index in [4.69, 9.17) is 9.47 Å². The fourth-order valence-corrected chi connectivity index (χ4v) is 2.15. The molecule has 1 unspecified atom stereocenters. The molecule has 0 aliphatic carbocycles. The Balaban J connectivity index is 1.80. The van der Waals surface area contributed by atoms with Gasteiger partial charge in [0.2, 0.25) is 0 Å². The van der Waals surface area contributed by atoms with E-state index in [9.17, 15) is 5.11 Å². The lowest BCUT2D eigenvalue weighted by Gasteiger charge is -2.34. The van der Waals surface area contributed by atoms with Gasteiger partial charge in [-0.3, -0.25) is 0 Å². The summed E-state index contributed by atoms with van der Waals surface area (Å²) in [6.45, 7) is 2.72. The molecular weight excluding hydrogens is 216 g/mol. The first-order valence-corrected chi connectivity index (χ1v) is 6.15. The normalized spacial score (nSPS) is 24.8. The van der Waals surface area contributed by atoms with Crippen molar-refractivity contribution >= 4 is 0 Å². The van der Waals surface area contributed by atoms with E-state index in [0.717, 1.165) is 25.0 Å². The first-order chi connectivity index (χ1) is 8.35. The maximum Gasteiger partial charge on any atom is 0.0717 e. The molecule has 1 aromatic carbocycles. The van der Waals surface area contributed by atoms with Crippen LogP contribution in [0.25, 0.3) is 0 Å². The van der Waals surface area contributed by atoms with Crippen LogP contribution in [0.3, 0.4) is 0 Å². The van der Waals surface area contributed by atoms with Gasteiger partial charge in [0.1, 0.15) is 0 Å². The lowest BCUT2D eigenvalue weighted by Crippen LogP contribution is -2.39. The second-order valence-electron chi connectivity index (χ2n) is 4.79. The molecule has 0 saturated carbocycles. The van der Waals surface area contributed by atoms with Crippen LogP contribution in [0.2, 0.25) is 0 Å². The van der Waals surface area contributed by atoms with Crippen molar-refractivity contribution in [2.75, 3.05) is 26.4 Å². The van der Waals surface area contributed by atoms with Crippen molar-refractivity contribution in [3.8, 4) is 0 Å². The van der Waals surface area contributed by atoms with Crippen molar-refractivity contribution in [3.63, 3.8) is 0 Å². The number of ether oxygens (including phenoxy) is 2. The Labute approximate surface area is 102 Å². The van der Waals surface area contributed by atoms with Crippen LogP contribution in [0, 0.1) is 5.41 Å². The number of hydrogen-bond acceptors (Lipinski definition) is 3. The minimum absolute atomic E-state index is 0.141. The first kappa shape index (κ1) is 12.6. The van der Waals surface area contributed by atoms with Crippen LogP contribution >= 0.6 is 0 Å². The summed E-state index contributed by atoms with van der Waals surface area (Å²) < 4.78 is 11.2. The largest absolute Gasteiger partial charge is 0.396 e. The third-order valence-electron chi connectivity index (χ3n) is 3.26. The summed E-state index contributed by atoms with van der Waals surface area (Å²) in [7, 11) is 0. The van der Waals surface area contributed by atoms with E-state index < -0.39 is 0 Å². The lowest BCUT2D eigenvalue weighted by molar-refractivity contribution is -0.0868. The van der Waals surface area contributed by atoms with Crippen LogP contribution in [-0.2, 0) is 16.1 Å². The molecular formula is C14H20O3. The van der Waals surface area contributed by atoms with Crippen LogP contribution in [0.1, 0.15) is 18.4 Å². The highest BCUT2D eigenvalue weighted by molar-refractivity contribution is 5.13. The summed E-state index contributed by atoms with van der Waals surface area (Å²) in [6, 6.07) is 10.1. The molecule has 3 heteroatoms. The molecule has 94 valence electrons. The molecule has 1 fully saturated rings. The molecule has 0 bridgehead atoms. The van der Waals surface area contributed by atoms with Crippen molar-refractivity contribution in [3.05, 3.63) is 35.9 Å². The quantitative estimate of drug-likeness (QED) is 0.849. The van der Waals surface area contributed by atoms with Gasteiger partial charge in [0.05, 0.1) is 26.4 Å². The summed E-state index contributed by atoms with van der Waals surface area (Å²) in [5, 5.41) is 9.48. The summed E-state index contributed by atoms with van der Waals surface area (Å²) in [5.74, 6) is 0. The molecule has 3 nitrogen and oxygen atoms in total. The Morgan fingerprint density at radius 2 is 2.12 bits per heavy atom. The van der Waals surface area contributed by atoms with Gasteiger partial charge in [0, 0.05) is 12.0 Å². The Morgan fingerprint density at radius 3 is 2.76 bits per heavy atom. The summed E-state index contributed by atoms with van der Waals surface area (Å²) in [4.78, 5) is 0. The van der Waals surface area contributed by atoms with Gasteiger partial charge in [-0.2, -0.15) is 0 Å². The van der Waals surface area contributed by atoms with Gasteiger partial charge < -0.3 is 14.6 Å². The average Bonchev–Trinajstić information content (AvgIpc) is 2.41. The van der Waals surface area contributed by atoms with E-state index in [1.54, 1.807) is 0 Å². The summed E-state index contributed by atoms with van der Waals surface area (Å²) >= 11 is 0. The standard InChI is InChI=1S/C14H20O3/c15-10-14(7-4-8-16-11-14)12-17-9-13-5-2-1-3-6-13/h1-3,5-6,15H,4,7-12H2. The molecule has 0 aromatic heterocycles. The molecule has 1 heterocycles. The second kappa shape index (κ2) is 6.15. The highest BCUT2D eigenvalue weighted by Gasteiger charge is 2.32. The maximum absolute atomic E-state index is 9.48. The smallest absolute Gasteiger partial charge is 0.0717 e. The van der Waals surface area contributed by atoms with E-state index >= 15 is 0 Å². The number of aliphatic hydroxyl groups is 1. The van der Waals surface area contributed by atoms with Crippen molar-refractivity contribution in [2.45, 2.75) is 19.4 Å². The Kier molecular flexibility index (Phi) is 4.54. The van der Waals surface area contributed by atoms with E-state index in [2.05, 4.69) is 0 Å². The van der Waals surface area contributed by atoms with Crippen LogP contribution in [0.4, 0.5) is 0 Å². The highest BCUT2D eigenvalue weighted by Crippen LogP contribution is 2.28. The third kappa shape index (κ3) is 3.53. The molecule has 0 spiro atoms. The van der Waals surface area contributed by atoms with Crippen LogP contribution in [-0.4, -0.2) is 31.5 Å². The minimum Gasteiger partial charge on any atom is -0.396 e. The van der Waals surface area contributed by atoms with Gasteiger partial charge in [0.25, 0.3) is 0 Å². The van der Waals surface area contributed by atoms with E-state index in [1.807, 2.05) is 30.3 Å². The van der Waals surface area contributed by atoms with Crippen molar-refractivity contribution in [1.82, 2.24) is 0 Å². The first-order valence-electron chi connectivity index (χ1n) is 6.15. The van der Waals surface area contributed by atoms with Gasteiger partial charge in [-0.25, -0.2) is 0 Å². The fourth-order valence-electron chi connectivity index (χ4n) is 2.15. The highest BCUT2D eigenvalue weighted by atomic mass is 16.5. The predicted octanol–water partition coefficient (Wildman–Crippen LogP) is 1.99. The minimum atomic E-state index is -0.187. The molecule has 1 saturated heterocycles. The zero-order valence-corrected chi connectivity index (χ0v) is 10.1. The zero-order chi connectivity index (χ0) is 12.0. The molecule has 1 atom stereocenters. The molecule has 17 heavy (non-hydrogen) atoms. The van der Waals surface area contributed by atoms with Crippen molar-refractivity contribution < 1.29 is 14.6 Å². The lowest BCUT2D eigenvalue weighted by atomic mass is 9.84. The average molecular weight is 236 g/mol. The molecule has 0 amide bonds. The van der Waals surface area contributed by atoms with Gasteiger partial charge in [0.15, 0.2) is 0 Å². The van der Waals surface area contributed by atoms with Crippen molar-refractivity contribution in [2.24, 2.45) is 5.41 Å². The molecule has 1 N–H and O–H groups in total. The van der Waals surface area contributed by atoms with Gasteiger partial charge in [-0.1, -0.05) is 30.3 Å². The molecule has 1 aromatic rings. The third-order valence-corrected chi connectivity index (χ3v) is 3.26. The maximum atomic E-state index is 9.48. The van der Waals surface area contributed by atoms with Crippen LogP contribution in [0.15, 0.2) is 30.3 Å². The van der Waals surface area contributed by atoms with Gasteiger partial charge in [-0.05, 0) is 18.4 Å². The molecule has 2 rings (SSSR count). The SMILES string of the molecule is OCC1(COCc2ccccc2)CCCOC1. The Bertz CT molecular complexity index is 317. The molecule has 0 radical (unpaired) electrons. The Morgan fingerprint density at radius 1 is 1.29 bits per heavy atom. The number of benzene rings is 1. The number of rotatable bonds is 5. The van der Waals surface area contributed by atoms with E-state index in [1.165, 1.54) is 0 Å². The molecule has 1 aliphatic heterocycles. The zero-order valence-electron chi connectivity index (χ0n) is 10.1. The second-order valence-corrected chi connectivity index (χ2v) is 4.79. The van der Waals surface area contributed by atoms with Crippen molar-refractivity contribution in [1.29, 1.82) is 0 Å². The summed E-state index contributed by atoms with van der Waals surface area (Å²) in [5.41, 5.74) is 0.977. The fraction of sp³-hybridized carbons (Fsp3) is 0.571. The van der Waals surface area contributed by atoms with Crippen LogP contribution < -0.4 is 0 Å². The number of aliphatic hydroxyl groups excluding tert-OH is 1. The van der Waals surface area contributed by atoms with E-state index in [-0.39, 0.29) is 12.0 Å². The number of hydrogen-bond donors (Lipinski definition) is 1. The van der Waals surface area contributed by atoms with E-state index in [0.29, 0.717) is 19.8 Å². The monoisotopic (exact) mass is 236 g/mol. The van der Waals surface area contributed by atoms with Gasteiger partial charge >= 0.3 is 0 Å². The Hall–Kier alpha value is -0.900. The predicted molar refractivity (Wildman–Crippen MR) is 65.7 cm³/mol. The van der Waals surface area contributed by atoms with Gasteiger partial charge in [-0.15, -0.1) is 0 Å².